The molecule has 0 unspecified atom stereocenters. The van der Waals surface area contributed by atoms with Crippen molar-refractivity contribution in [3.63, 3.8) is 0 Å². The van der Waals surface area contributed by atoms with Crippen LogP contribution in [0.25, 0.3) is 11.4 Å². The lowest BCUT2D eigenvalue weighted by Gasteiger charge is -2.07. The van der Waals surface area contributed by atoms with E-state index in [0.717, 1.165) is 5.56 Å². The van der Waals surface area contributed by atoms with Crippen LogP contribution in [0.15, 0.2) is 47.6 Å². The Morgan fingerprint density at radius 2 is 1.96 bits per heavy atom. The molecule has 0 aliphatic carbocycles. The van der Waals surface area contributed by atoms with Gasteiger partial charge in [0, 0.05) is 22.9 Å². The maximum Gasteiger partial charge on any atom is 0.387 e. The average Bonchev–Trinajstić information content (AvgIpc) is 3.01. The normalized spacial score (nSPS) is 11.0. The molecule has 0 amide bonds. The molecule has 1 heterocycles. The third-order valence-corrected chi connectivity index (χ3v) is 4.96. The first kappa shape index (κ1) is 19.5. The van der Waals surface area contributed by atoms with Crippen LogP contribution in [0.3, 0.4) is 0 Å². The van der Waals surface area contributed by atoms with Gasteiger partial charge in [-0.25, -0.2) is 4.68 Å². The number of benzene rings is 2. The lowest BCUT2D eigenvalue weighted by molar-refractivity contribution is -0.385. The van der Waals surface area contributed by atoms with E-state index in [2.05, 4.69) is 14.9 Å². The van der Waals surface area contributed by atoms with Crippen LogP contribution in [0.4, 0.5) is 14.5 Å². The second-order valence-corrected chi connectivity index (χ2v) is 6.63. The van der Waals surface area contributed by atoms with Crippen molar-refractivity contribution in [2.75, 3.05) is 5.84 Å². The Morgan fingerprint density at radius 3 is 2.61 bits per heavy atom. The van der Waals surface area contributed by atoms with Gasteiger partial charge in [0.15, 0.2) is 5.82 Å². The Balaban J connectivity index is 1.75. The van der Waals surface area contributed by atoms with Gasteiger partial charge >= 0.3 is 6.61 Å². The Bertz CT molecular complexity index is 995. The van der Waals surface area contributed by atoms with E-state index in [1.54, 1.807) is 31.2 Å². The molecule has 2 aromatic carbocycles. The Morgan fingerprint density at radius 1 is 1.25 bits per heavy atom. The van der Waals surface area contributed by atoms with Crippen molar-refractivity contribution >= 4 is 17.4 Å². The van der Waals surface area contributed by atoms with Crippen LogP contribution in [-0.2, 0) is 5.75 Å². The summed E-state index contributed by atoms with van der Waals surface area (Å²) in [4.78, 5) is 10.6. The highest BCUT2D eigenvalue weighted by molar-refractivity contribution is 7.98. The summed E-state index contributed by atoms with van der Waals surface area (Å²) < 4.78 is 30.0. The van der Waals surface area contributed by atoms with Crippen molar-refractivity contribution < 1.29 is 18.4 Å². The molecule has 0 atom stereocenters. The highest BCUT2D eigenvalue weighted by Gasteiger charge is 2.16. The number of thioether (sulfide) groups is 1. The van der Waals surface area contributed by atoms with Crippen molar-refractivity contribution in [3.05, 3.63) is 63.7 Å². The van der Waals surface area contributed by atoms with Gasteiger partial charge in [-0.15, -0.1) is 10.2 Å². The van der Waals surface area contributed by atoms with Crippen LogP contribution in [-0.4, -0.2) is 26.4 Å². The first-order valence-electron chi connectivity index (χ1n) is 7.98. The van der Waals surface area contributed by atoms with Gasteiger partial charge in [0.2, 0.25) is 5.16 Å². The zero-order chi connectivity index (χ0) is 20.3. The van der Waals surface area contributed by atoms with E-state index in [0.29, 0.717) is 27.9 Å². The maximum absolute atomic E-state index is 12.2. The molecule has 146 valence electrons. The van der Waals surface area contributed by atoms with Gasteiger partial charge in [0.25, 0.3) is 5.69 Å². The molecule has 0 spiro atoms. The molecule has 8 nitrogen and oxygen atoms in total. The third-order valence-electron chi connectivity index (χ3n) is 3.97. The van der Waals surface area contributed by atoms with Gasteiger partial charge in [-0.3, -0.25) is 10.1 Å². The fraction of sp³-hybridized carbons (Fsp3) is 0.176. The van der Waals surface area contributed by atoms with Crippen molar-refractivity contribution in [1.29, 1.82) is 0 Å². The smallest absolute Gasteiger partial charge is 0.387 e. The molecule has 0 saturated carbocycles. The minimum absolute atomic E-state index is 0.0255. The number of hydrogen-bond donors (Lipinski definition) is 1. The molecule has 0 bridgehead atoms. The largest absolute Gasteiger partial charge is 0.435 e. The van der Waals surface area contributed by atoms with E-state index in [-0.39, 0.29) is 11.4 Å². The van der Waals surface area contributed by atoms with Crippen molar-refractivity contribution in [1.82, 2.24) is 14.9 Å². The predicted octanol–water partition coefficient (Wildman–Crippen LogP) is 3.77. The van der Waals surface area contributed by atoms with Crippen molar-refractivity contribution in [3.8, 4) is 17.1 Å². The molecular weight excluding hydrogens is 392 g/mol. The van der Waals surface area contributed by atoms with Gasteiger partial charge in [-0.05, 0) is 36.8 Å². The summed E-state index contributed by atoms with van der Waals surface area (Å²) in [5.74, 6) is 6.84. The summed E-state index contributed by atoms with van der Waals surface area (Å²) in [7, 11) is 0. The van der Waals surface area contributed by atoms with E-state index < -0.39 is 11.5 Å². The van der Waals surface area contributed by atoms with Gasteiger partial charge in [-0.1, -0.05) is 23.9 Å². The number of nitro groups is 1. The molecule has 0 aliphatic heterocycles. The molecule has 28 heavy (non-hydrogen) atoms. The molecule has 0 fully saturated rings. The van der Waals surface area contributed by atoms with E-state index in [4.69, 9.17) is 5.84 Å². The number of nitro benzene ring substituents is 1. The molecule has 11 heteroatoms. The second-order valence-electron chi connectivity index (χ2n) is 5.69. The number of nitrogen functional groups attached to an aromatic ring is 1. The minimum Gasteiger partial charge on any atom is -0.435 e. The fourth-order valence-corrected chi connectivity index (χ4v) is 3.45. The lowest BCUT2D eigenvalue weighted by atomic mass is 10.1. The number of alkyl halides is 2. The average molecular weight is 407 g/mol. The quantitative estimate of drug-likeness (QED) is 0.275. The molecule has 3 rings (SSSR count). The zero-order valence-corrected chi connectivity index (χ0v) is 15.4. The van der Waals surface area contributed by atoms with Crippen LogP contribution >= 0.6 is 11.8 Å². The topological polar surface area (TPSA) is 109 Å². The number of hydrogen-bond acceptors (Lipinski definition) is 7. The van der Waals surface area contributed by atoms with Gasteiger partial charge in [-0.2, -0.15) is 8.78 Å². The second kappa shape index (κ2) is 8.21. The summed E-state index contributed by atoms with van der Waals surface area (Å²) in [5.41, 5.74) is 2.00. The Hall–Kier alpha value is -3.21. The summed E-state index contributed by atoms with van der Waals surface area (Å²) in [5, 5.41) is 19.5. The summed E-state index contributed by atoms with van der Waals surface area (Å²) in [6.45, 7) is -1.21. The van der Waals surface area contributed by atoms with E-state index in [1.807, 2.05) is 0 Å². The fourth-order valence-electron chi connectivity index (χ4n) is 2.52. The molecule has 2 N–H and O–H groups in total. The number of halogens is 2. The third kappa shape index (κ3) is 4.19. The SMILES string of the molecule is Cc1c(CSc2nnc(-c3ccc(OC(F)F)cc3)n2N)cccc1[N+](=O)[O-]. The van der Waals surface area contributed by atoms with Crippen molar-refractivity contribution in [2.24, 2.45) is 0 Å². The van der Waals surface area contributed by atoms with E-state index in [1.165, 1.54) is 34.6 Å². The summed E-state index contributed by atoms with van der Waals surface area (Å²) in [6.07, 6.45) is 0. The van der Waals surface area contributed by atoms with Crippen molar-refractivity contribution in [2.45, 2.75) is 24.4 Å². The Kier molecular flexibility index (Phi) is 5.73. The number of nitrogens with zero attached hydrogens (tertiary/aromatic N) is 4. The molecule has 1 aromatic heterocycles. The lowest BCUT2D eigenvalue weighted by Crippen LogP contribution is -2.11. The molecule has 0 aliphatic rings. The van der Waals surface area contributed by atoms with Crippen LogP contribution in [0.1, 0.15) is 11.1 Å². The zero-order valence-electron chi connectivity index (χ0n) is 14.6. The molecular formula is C17H15F2N5O3S. The van der Waals surface area contributed by atoms with E-state index in [9.17, 15) is 18.9 Å². The molecule has 0 radical (unpaired) electrons. The van der Waals surface area contributed by atoms with Gasteiger partial charge in [0.1, 0.15) is 5.75 Å². The molecule has 0 saturated heterocycles. The monoisotopic (exact) mass is 407 g/mol. The first-order valence-corrected chi connectivity index (χ1v) is 8.96. The first-order chi connectivity index (χ1) is 13.4. The van der Waals surface area contributed by atoms with Gasteiger partial charge < -0.3 is 10.6 Å². The van der Waals surface area contributed by atoms with Gasteiger partial charge in [0.05, 0.1) is 4.92 Å². The summed E-state index contributed by atoms with van der Waals surface area (Å²) >= 11 is 1.28. The summed E-state index contributed by atoms with van der Waals surface area (Å²) in [6, 6.07) is 10.7. The standard InChI is InChI=1S/C17H15F2N5O3S/c1-10-12(3-2-4-14(10)24(25)26)9-28-17-22-21-15(23(17)20)11-5-7-13(8-6-11)27-16(18)19/h2-8,16H,9,20H2,1H3. The number of ether oxygens (including phenoxy) is 1. The highest BCUT2D eigenvalue weighted by atomic mass is 32.2. The van der Waals surface area contributed by atoms with Crippen LogP contribution in [0.5, 0.6) is 5.75 Å². The Labute approximate surface area is 162 Å². The number of aromatic nitrogens is 3. The van der Waals surface area contributed by atoms with E-state index >= 15 is 0 Å². The van der Waals surface area contributed by atoms with Crippen LogP contribution in [0, 0.1) is 17.0 Å². The van der Waals surface area contributed by atoms with Crippen LogP contribution in [0.2, 0.25) is 0 Å². The number of nitrogens with two attached hydrogens (primary N) is 1. The maximum atomic E-state index is 12.2. The molecule has 3 aromatic rings. The highest BCUT2D eigenvalue weighted by Crippen LogP contribution is 2.29. The predicted molar refractivity (Wildman–Crippen MR) is 99.6 cm³/mol. The minimum atomic E-state index is -2.90. The van der Waals surface area contributed by atoms with Crippen LogP contribution < -0.4 is 10.6 Å². The number of rotatable bonds is 7.